The Bertz CT molecular complexity index is 1060. The van der Waals surface area contributed by atoms with Crippen LogP contribution in [0.25, 0.3) is 16.9 Å². The van der Waals surface area contributed by atoms with E-state index in [-0.39, 0.29) is 19.5 Å². The smallest absolute Gasteiger partial charge is 0.266 e. The van der Waals surface area contributed by atoms with Gasteiger partial charge in [0.15, 0.2) is 0 Å². The molecule has 158 valence electrons. The lowest BCUT2D eigenvalue weighted by atomic mass is 10.2. The van der Waals surface area contributed by atoms with Gasteiger partial charge in [0.25, 0.3) is 5.92 Å². The highest BCUT2D eigenvalue weighted by Gasteiger charge is 2.39. The van der Waals surface area contributed by atoms with Gasteiger partial charge in [-0.05, 0) is 31.2 Å². The lowest BCUT2D eigenvalue weighted by molar-refractivity contribution is 0.0257. The number of fused-ring (bicyclic) bond motifs is 1. The van der Waals surface area contributed by atoms with E-state index < -0.39 is 5.92 Å². The molecule has 1 unspecified atom stereocenters. The van der Waals surface area contributed by atoms with Crippen molar-refractivity contribution in [2.75, 3.05) is 43.5 Å². The highest BCUT2D eigenvalue weighted by Crippen LogP contribution is 2.38. The van der Waals surface area contributed by atoms with Crippen LogP contribution >= 0.6 is 0 Å². The van der Waals surface area contributed by atoms with Crippen LogP contribution in [0.2, 0.25) is 0 Å². The summed E-state index contributed by atoms with van der Waals surface area (Å²) < 4.78 is 35.0. The van der Waals surface area contributed by atoms with Gasteiger partial charge in [-0.15, -0.1) is 0 Å². The fraction of sp³-hybridized carbons (Fsp3) is 0.429. The van der Waals surface area contributed by atoms with Crippen LogP contribution in [0.1, 0.15) is 12.8 Å². The van der Waals surface area contributed by atoms with Crippen LogP contribution in [0.5, 0.6) is 5.75 Å². The molecular formula is C21H24F2N6O. The number of halogens is 2. The zero-order valence-corrected chi connectivity index (χ0v) is 16.7. The van der Waals surface area contributed by atoms with Crippen LogP contribution in [0, 0.1) is 0 Å². The van der Waals surface area contributed by atoms with Crippen molar-refractivity contribution in [1.82, 2.24) is 19.9 Å². The van der Waals surface area contributed by atoms with E-state index >= 15 is 0 Å². The molecule has 2 N–H and O–H groups in total. The van der Waals surface area contributed by atoms with Crippen molar-refractivity contribution in [2.24, 2.45) is 0 Å². The van der Waals surface area contributed by atoms with E-state index in [0.29, 0.717) is 17.5 Å². The third kappa shape index (κ3) is 3.54. The number of pyridine rings is 1. The number of anilines is 2. The third-order valence-electron chi connectivity index (χ3n) is 5.75. The molecule has 0 spiro atoms. The predicted molar refractivity (Wildman–Crippen MR) is 112 cm³/mol. The number of rotatable bonds is 5. The monoisotopic (exact) mass is 414 g/mol. The number of alkyl halides is 2. The molecule has 2 fully saturated rings. The molecule has 0 saturated carbocycles. The molecule has 0 amide bonds. The molecule has 3 aromatic rings. The number of hydrogen-bond acceptors (Lipinski definition) is 6. The van der Waals surface area contributed by atoms with Gasteiger partial charge in [-0.25, -0.2) is 18.7 Å². The van der Waals surface area contributed by atoms with E-state index in [1.54, 1.807) is 24.4 Å². The van der Waals surface area contributed by atoms with Gasteiger partial charge in [0.2, 0.25) is 0 Å². The summed E-state index contributed by atoms with van der Waals surface area (Å²) in [5, 5.41) is 6.79. The first kappa shape index (κ1) is 19.0. The zero-order chi connectivity index (χ0) is 20.7. The topological polar surface area (TPSA) is 67.2 Å². The SMILES string of the molecule is COc1cc2ncn(-c3cccc(NC4CCNC4)n3)c2cc1N1CCC(F)(F)C1. The fourth-order valence-corrected chi connectivity index (χ4v) is 4.18. The van der Waals surface area contributed by atoms with E-state index in [9.17, 15) is 8.78 Å². The number of benzene rings is 1. The molecule has 1 aromatic carbocycles. The number of nitrogens with zero attached hydrogens (tertiary/aromatic N) is 4. The van der Waals surface area contributed by atoms with Gasteiger partial charge < -0.3 is 20.3 Å². The maximum Gasteiger partial charge on any atom is 0.266 e. The van der Waals surface area contributed by atoms with Crippen molar-refractivity contribution in [1.29, 1.82) is 0 Å². The van der Waals surface area contributed by atoms with Gasteiger partial charge in [-0.3, -0.25) is 4.57 Å². The summed E-state index contributed by atoms with van der Waals surface area (Å²) in [4.78, 5) is 10.9. The normalized spacial score (nSPS) is 20.8. The molecule has 0 radical (unpaired) electrons. The molecular weight excluding hydrogens is 390 g/mol. The van der Waals surface area contributed by atoms with Crippen molar-refractivity contribution in [3.63, 3.8) is 0 Å². The second-order valence-corrected chi connectivity index (χ2v) is 7.87. The summed E-state index contributed by atoms with van der Waals surface area (Å²) in [6.45, 7) is 1.90. The fourth-order valence-electron chi connectivity index (χ4n) is 4.18. The van der Waals surface area contributed by atoms with Gasteiger partial charge in [-0.1, -0.05) is 6.07 Å². The van der Waals surface area contributed by atoms with Crippen LogP contribution in [-0.2, 0) is 0 Å². The molecule has 7 nitrogen and oxygen atoms in total. The minimum absolute atomic E-state index is 0.154. The number of imidazole rings is 1. The Morgan fingerprint density at radius 1 is 1.30 bits per heavy atom. The van der Waals surface area contributed by atoms with Gasteiger partial charge in [0.05, 0.1) is 30.4 Å². The number of ether oxygens (including phenoxy) is 1. The Kier molecular flexibility index (Phi) is 4.69. The highest BCUT2D eigenvalue weighted by molar-refractivity contribution is 5.85. The van der Waals surface area contributed by atoms with Gasteiger partial charge in [0, 0.05) is 31.6 Å². The van der Waals surface area contributed by atoms with Crippen molar-refractivity contribution in [3.8, 4) is 11.6 Å². The minimum Gasteiger partial charge on any atom is -0.495 e. The van der Waals surface area contributed by atoms with E-state index in [1.807, 2.05) is 28.8 Å². The molecule has 5 rings (SSSR count). The molecule has 2 saturated heterocycles. The van der Waals surface area contributed by atoms with E-state index in [4.69, 9.17) is 9.72 Å². The Morgan fingerprint density at radius 3 is 2.93 bits per heavy atom. The summed E-state index contributed by atoms with van der Waals surface area (Å²) in [6.07, 6.45) is 2.61. The van der Waals surface area contributed by atoms with Crippen LogP contribution in [0.3, 0.4) is 0 Å². The van der Waals surface area contributed by atoms with Gasteiger partial charge in [0.1, 0.15) is 23.7 Å². The largest absolute Gasteiger partial charge is 0.495 e. The summed E-state index contributed by atoms with van der Waals surface area (Å²) >= 11 is 0. The molecule has 30 heavy (non-hydrogen) atoms. The Balaban J connectivity index is 1.52. The molecule has 0 aliphatic carbocycles. The molecule has 9 heteroatoms. The number of nitrogens with one attached hydrogen (secondary N) is 2. The Labute approximate surface area is 173 Å². The van der Waals surface area contributed by atoms with E-state index in [0.717, 1.165) is 42.2 Å². The Morgan fingerprint density at radius 2 is 2.20 bits per heavy atom. The average molecular weight is 414 g/mol. The Hall–Kier alpha value is -2.94. The molecule has 4 heterocycles. The van der Waals surface area contributed by atoms with E-state index in [1.165, 1.54) is 0 Å². The second-order valence-electron chi connectivity index (χ2n) is 7.87. The molecule has 1 atom stereocenters. The number of hydrogen-bond donors (Lipinski definition) is 2. The first-order valence-corrected chi connectivity index (χ1v) is 10.1. The van der Waals surface area contributed by atoms with E-state index in [2.05, 4.69) is 15.6 Å². The van der Waals surface area contributed by atoms with Crippen molar-refractivity contribution in [2.45, 2.75) is 24.8 Å². The third-order valence-corrected chi connectivity index (χ3v) is 5.75. The molecule has 2 aliphatic rings. The van der Waals surface area contributed by atoms with Gasteiger partial charge >= 0.3 is 0 Å². The average Bonchev–Trinajstić information content (AvgIpc) is 3.47. The minimum atomic E-state index is -2.68. The summed E-state index contributed by atoms with van der Waals surface area (Å²) in [5.74, 6) is -0.619. The number of methoxy groups -OCH3 is 1. The lowest BCUT2D eigenvalue weighted by Crippen LogP contribution is -2.25. The van der Waals surface area contributed by atoms with Crippen molar-refractivity contribution < 1.29 is 13.5 Å². The van der Waals surface area contributed by atoms with Crippen LogP contribution in [0.4, 0.5) is 20.3 Å². The summed E-state index contributed by atoms with van der Waals surface area (Å²) in [5.41, 5.74) is 2.17. The first-order valence-electron chi connectivity index (χ1n) is 10.1. The predicted octanol–water partition coefficient (Wildman–Crippen LogP) is 3.05. The zero-order valence-electron chi connectivity index (χ0n) is 16.7. The molecule has 2 aromatic heterocycles. The quantitative estimate of drug-likeness (QED) is 0.669. The maximum atomic E-state index is 13.8. The second kappa shape index (κ2) is 7.39. The van der Waals surface area contributed by atoms with Crippen LogP contribution in [-0.4, -0.2) is 59.8 Å². The standard InChI is InChI=1S/C21H24F2N6O/c1-30-18-9-15-16(10-17(18)28-8-6-21(22,23)12-28)29(13-25-15)20-4-2-3-19(27-20)26-14-5-7-24-11-14/h2-4,9-10,13-14,24H,5-8,11-12H2,1H3,(H,26,27). The first-order chi connectivity index (χ1) is 14.5. The van der Waals surface area contributed by atoms with Crippen LogP contribution < -0.4 is 20.3 Å². The summed E-state index contributed by atoms with van der Waals surface area (Å²) in [6, 6.07) is 9.83. The molecule has 2 aliphatic heterocycles. The maximum absolute atomic E-state index is 13.8. The number of aromatic nitrogens is 3. The molecule has 0 bridgehead atoms. The summed E-state index contributed by atoms with van der Waals surface area (Å²) in [7, 11) is 1.55. The van der Waals surface area contributed by atoms with Crippen molar-refractivity contribution in [3.05, 3.63) is 36.7 Å². The lowest BCUT2D eigenvalue weighted by Gasteiger charge is -2.21. The van der Waals surface area contributed by atoms with Gasteiger partial charge in [-0.2, -0.15) is 0 Å². The van der Waals surface area contributed by atoms with Crippen LogP contribution in [0.15, 0.2) is 36.7 Å². The highest BCUT2D eigenvalue weighted by atomic mass is 19.3. The van der Waals surface area contributed by atoms with Crippen molar-refractivity contribution >= 4 is 22.5 Å².